The van der Waals surface area contributed by atoms with Gasteiger partial charge in [0, 0.05) is 18.3 Å². The van der Waals surface area contributed by atoms with Crippen LogP contribution in [-0.2, 0) is 0 Å². The Morgan fingerprint density at radius 2 is 1.77 bits per heavy atom. The number of halogens is 1. The van der Waals surface area contributed by atoms with E-state index >= 15 is 0 Å². The number of hydrogen-bond acceptors (Lipinski definition) is 5. The van der Waals surface area contributed by atoms with E-state index in [9.17, 15) is 4.39 Å². The van der Waals surface area contributed by atoms with Gasteiger partial charge in [0.1, 0.15) is 5.52 Å². The lowest BCUT2D eigenvalue weighted by molar-refractivity contribution is 0.344. The van der Waals surface area contributed by atoms with E-state index in [0.29, 0.717) is 28.4 Å². The molecule has 0 fully saturated rings. The number of para-hydroxylation sites is 1. The minimum atomic E-state index is -0.451. The first-order valence-electron chi connectivity index (χ1n) is 6.53. The molecule has 0 aliphatic heterocycles. The van der Waals surface area contributed by atoms with E-state index in [1.54, 1.807) is 36.5 Å². The van der Waals surface area contributed by atoms with Gasteiger partial charge in [0.2, 0.25) is 0 Å². The molecule has 2 aromatic heterocycles. The smallest absolute Gasteiger partial charge is 0.257 e. The molecule has 112 valence electrons. The van der Waals surface area contributed by atoms with Crippen LogP contribution >= 0.6 is 0 Å². The first kappa shape index (κ1) is 14.1. The minimum Gasteiger partial charge on any atom is -0.491 e. The number of fused-ring (bicyclic) bond motifs is 1. The van der Waals surface area contributed by atoms with Crippen molar-refractivity contribution in [2.75, 3.05) is 14.2 Å². The molecule has 3 aromatic rings. The summed E-state index contributed by atoms with van der Waals surface area (Å²) in [4.78, 5) is 8.55. The number of ether oxygens (including phenoxy) is 3. The zero-order valence-electron chi connectivity index (χ0n) is 12.0. The van der Waals surface area contributed by atoms with Gasteiger partial charge >= 0.3 is 0 Å². The molecule has 3 rings (SSSR count). The van der Waals surface area contributed by atoms with E-state index in [4.69, 9.17) is 14.2 Å². The predicted molar refractivity (Wildman–Crippen MR) is 79.1 cm³/mol. The Hall–Kier alpha value is -2.89. The highest BCUT2D eigenvalue weighted by Gasteiger charge is 2.14. The molecular weight excluding hydrogens is 287 g/mol. The largest absolute Gasteiger partial charge is 0.491 e. The molecule has 6 heteroatoms. The van der Waals surface area contributed by atoms with Gasteiger partial charge in [0.25, 0.3) is 5.88 Å². The van der Waals surface area contributed by atoms with Crippen molar-refractivity contribution >= 4 is 11.0 Å². The lowest BCUT2D eigenvalue weighted by atomic mass is 10.3. The SMILES string of the molecule is COc1cc2nccc(Oc3ccccc3F)c2nc1OC. The Morgan fingerprint density at radius 1 is 0.955 bits per heavy atom. The normalized spacial score (nSPS) is 10.5. The first-order valence-corrected chi connectivity index (χ1v) is 6.53. The fourth-order valence-electron chi connectivity index (χ4n) is 2.03. The number of pyridine rings is 2. The molecule has 1 aromatic carbocycles. The fourth-order valence-corrected chi connectivity index (χ4v) is 2.03. The molecule has 0 aliphatic carbocycles. The number of aromatic nitrogens is 2. The fraction of sp³-hybridized carbons (Fsp3) is 0.125. The highest BCUT2D eigenvalue weighted by atomic mass is 19.1. The molecule has 0 saturated carbocycles. The van der Waals surface area contributed by atoms with E-state index in [1.807, 2.05) is 0 Å². The zero-order chi connectivity index (χ0) is 15.5. The van der Waals surface area contributed by atoms with Crippen LogP contribution in [0, 0.1) is 5.82 Å². The van der Waals surface area contributed by atoms with E-state index < -0.39 is 5.82 Å². The van der Waals surface area contributed by atoms with Gasteiger partial charge in [-0.05, 0) is 12.1 Å². The van der Waals surface area contributed by atoms with Crippen molar-refractivity contribution in [3.05, 3.63) is 48.4 Å². The van der Waals surface area contributed by atoms with Gasteiger partial charge in [-0.1, -0.05) is 12.1 Å². The van der Waals surface area contributed by atoms with E-state index in [-0.39, 0.29) is 5.75 Å². The predicted octanol–water partition coefficient (Wildman–Crippen LogP) is 3.58. The van der Waals surface area contributed by atoms with Gasteiger partial charge < -0.3 is 14.2 Å². The van der Waals surface area contributed by atoms with Crippen LogP contribution < -0.4 is 14.2 Å². The summed E-state index contributed by atoms with van der Waals surface area (Å²) in [6, 6.07) is 9.47. The molecule has 2 heterocycles. The quantitative estimate of drug-likeness (QED) is 0.737. The van der Waals surface area contributed by atoms with Crippen molar-refractivity contribution in [3.8, 4) is 23.1 Å². The number of rotatable bonds is 4. The summed E-state index contributed by atoms with van der Waals surface area (Å²) in [5.74, 6) is 0.822. The van der Waals surface area contributed by atoms with Gasteiger partial charge in [-0.3, -0.25) is 4.98 Å². The highest BCUT2D eigenvalue weighted by Crippen LogP contribution is 2.34. The number of methoxy groups -OCH3 is 2. The molecule has 0 amide bonds. The van der Waals surface area contributed by atoms with Crippen molar-refractivity contribution in [2.45, 2.75) is 0 Å². The maximum atomic E-state index is 13.7. The average molecular weight is 300 g/mol. The molecule has 0 radical (unpaired) electrons. The second kappa shape index (κ2) is 5.85. The van der Waals surface area contributed by atoms with Crippen LogP contribution in [0.1, 0.15) is 0 Å². The zero-order valence-corrected chi connectivity index (χ0v) is 12.0. The lowest BCUT2D eigenvalue weighted by Crippen LogP contribution is -1.97. The third kappa shape index (κ3) is 2.50. The summed E-state index contributed by atoms with van der Waals surface area (Å²) in [5.41, 5.74) is 1.02. The average Bonchev–Trinajstić information content (AvgIpc) is 2.56. The molecule has 0 bridgehead atoms. The number of hydrogen-bond donors (Lipinski definition) is 0. The van der Waals surface area contributed by atoms with Crippen LogP contribution in [0.3, 0.4) is 0 Å². The van der Waals surface area contributed by atoms with E-state index in [2.05, 4.69) is 9.97 Å². The van der Waals surface area contributed by atoms with Gasteiger partial charge in [-0.25, -0.2) is 9.37 Å². The maximum absolute atomic E-state index is 13.7. The number of benzene rings is 1. The summed E-state index contributed by atoms with van der Waals surface area (Å²) in [5, 5.41) is 0. The van der Waals surface area contributed by atoms with Gasteiger partial charge in [0.05, 0.1) is 19.7 Å². The third-order valence-electron chi connectivity index (χ3n) is 3.08. The third-order valence-corrected chi connectivity index (χ3v) is 3.08. The first-order chi connectivity index (χ1) is 10.7. The molecular formula is C16H13FN2O3. The second-order valence-corrected chi connectivity index (χ2v) is 4.41. The molecule has 0 atom stereocenters. The Morgan fingerprint density at radius 3 is 2.50 bits per heavy atom. The molecule has 0 unspecified atom stereocenters. The number of nitrogens with zero attached hydrogens (tertiary/aromatic N) is 2. The van der Waals surface area contributed by atoms with Gasteiger partial charge in [-0.15, -0.1) is 0 Å². The Balaban J connectivity index is 2.12. The standard InChI is InChI=1S/C16H13FN2O3/c1-20-14-9-11-15(19-16(14)21-2)13(7-8-18-11)22-12-6-4-3-5-10(12)17/h3-9H,1-2H3. The summed E-state index contributed by atoms with van der Waals surface area (Å²) < 4.78 is 29.7. The van der Waals surface area contributed by atoms with Crippen LogP contribution in [0.4, 0.5) is 4.39 Å². The van der Waals surface area contributed by atoms with Crippen LogP contribution in [-0.4, -0.2) is 24.2 Å². The highest BCUT2D eigenvalue weighted by molar-refractivity contribution is 5.83. The molecule has 0 spiro atoms. The van der Waals surface area contributed by atoms with Crippen LogP contribution in [0.5, 0.6) is 23.1 Å². The Bertz CT molecular complexity index is 824. The monoisotopic (exact) mass is 300 g/mol. The van der Waals surface area contributed by atoms with Gasteiger partial charge in [0.15, 0.2) is 23.1 Å². The van der Waals surface area contributed by atoms with E-state index in [0.717, 1.165) is 0 Å². The summed E-state index contributed by atoms with van der Waals surface area (Å²) in [6.07, 6.45) is 1.56. The van der Waals surface area contributed by atoms with Gasteiger partial charge in [-0.2, -0.15) is 0 Å². The summed E-state index contributed by atoms with van der Waals surface area (Å²) >= 11 is 0. The second-order valence-electron chi connectivity index (χ2n) is 4.41. The molecule has 0 N–H and O–H groups in total. The molecule has 5 nitrogen and oxygen atoms in total. The van der Waals surface area contributed by atoms with Crippen LogP contribution in [0.25, 0.3) is 11.0 Å². The van der Waals surface area contributed by atoms with Crippen molar-refractivity contribution < 1.29 is 18.6 Å². The maximum Gasteiger partial charge on any atom is 0.257 e. The summed E-state index contributed by atoms with van der Waals surface area (Å²) in [7, 11) is 3.01. The summed E-state index contributed by atoms with van der Waals surface area (Å²) in [6.45, 7) is 0. The molecule has 0 aliphatic rings. The van der Waals surface area contributed by atoms with Crippen molar-refractivity contribution in [3.63, 3.8) is 0 Å². The van der Waals surface area contributed by atoms with Crippen molar-refractivity contribution in [1.29, 1.82) is 0 Å². The minimum absolute atomic E-state index is 0.117. The van der Waals surface area contributed by atoms with Crippen molar-refractivity contribution in [2.24, 2.45) is 0 Å². The molecule has 0 saturated heterocycles. The van der Waals surface area contributed by atoms with Crippen molar-refractivity contribution in [1.82, 2.24) is 9.97 Å². The Kier molecular flexibility index (Phi) is 3.74. The van der Waals surface area contributed by atoms with Crippen LogP contribution in [0.2, 0.25) is 0 Å². The van der Waals surface area contributed by atoms with E-state index in [1.165, 1.54) is 20.3 Å². The molecule has 22 heavy (non-hydrogen) atoms. The topological polar surface area (TPSA) is 53.5 Å². The Labute approximate surface area is 126 Å². The van der Waals surface area contributed by atoms with Crippen LogP contribution in [0.15, 0.2) is 42.6 Å². The lowest BCUT2D eigenvalue weighted by Gasteiger charge is -2.11.